The van der Waals surface area contributed by atoms with Gasteiger partial charge in [-0.1, -0.05) is 11.6 Å². The SMILES string of the molecule is Cc1cc(OCCCC2CCN(c3ncc(Cl)cn3)CC2)cc(C)c1C(=O)NC(C)(C)CN. The van der Waals surface area contributed by atoms with Crippen LogP contribution < -0.4 is 20.7 Å². The molecule has 1 aliphatic rings. The standard InChI is InChI=1S/C25H36ClN5O2/c1-17-12-21(13-18(2)22(17)23(32)30-25(3,4)16-27)33-11-5-6-19-7-9-31(10-8-19)24-28-14-20(26)15-29-24/h12-15,19H,5-11,16,27H2,1-4H3,(H,30,32). The molecule has 1 aromatic heterocycles. The predicted octanol–water partition coefficient (Wildman–Crippen LogP) is 4.29. The Balaban J connectivity index is 1.44. The number of aryl methyl sites for hydroxylation is 2. The van der Waals surface area contributed by atoms with Gasteiger partial charge in [0.15, 0.2) is 0 Å². The summed E-state index contributed by atoms with van der Waals surface area (Å²) in [4.78, 5) is 23.6. The van der Waals surface area contributed by atoms with Gasteiger partial charge < -0.3 is 20.7 Å². The van der Waals surface area contributed by atoms with Crippen molar-refractivity contribution in [1.82, 2.24) is 15.3 Å². The van der Waals surface area contributed by atoms with E-state index in [-0.39, 0.29) is 5.91 Å². The molecule has 7 nitrogen and oxygen atoms in total. The zero-order valence-corrected chi connectivity index (χ0v) is 20.9. The van der Waals surface area contributed by atoms with Crippen LogP contribution in [-0.4, -0.2) is 47.7 Å². The summed E-state index contributed by atoms with van der Waals surface area (Å²) in [6.07, 6.45) is 7.71. The quantitative estimate of drug-likeness (QED) is 0.527. The van der Waals surface area contributed by atoms with Crippen LogP contribution in [0.2, 0.25) is 5.02 Å². The maximum Gasteiger partial charge on any atom is 0.252 e. The smallest absolute Gasteiger partial charge is 0.252 e. The average molecular weight is 474 g/mol. The Kier molecular flexibility index (Phi) is 8.54. The monoisotopic (exact) mass is 473 g/mol. The summed E-state index contributed by atoms with van der Waals surface area (Å²) in [5, 5.41) is 3.57. The molecule has 1 amide bonds. The minimum Gasteiger partial charge on any atom is -0.494 e. The van der Waals surface area contributed by atoms with Crippen LogP contribution in [0.5, 0.6) is 5.75 Å². The Hall–Kier alpha value is -2.38. The van der Waals surface area contributed by atoms with E-state index in [1.807, 2.05) is 39.8 Å². The molecular formula is C25H36ClN5O2. The molecule has 2 aromatic rings. The lowest BCUT2D eigenvalue weighted by molar-refractivity contribution is 0.0914. The number of carbonyl (C=O) groups excluding carboxylic acids is 1. The predicted molar refractivity (Wildman–Crippen MR) is 133 cm³/mol. The topological polar surface area (TPSA) is 93.4 Å². The van der Waals surface area contributed by atoms with Crippen LogP contribution in [0.15, 0.2) is 24.5 Å². The van der Waals surface area contributed by atoms with Crippen LogP contribution in [0.1, 0.15) is 61.0 Å². The highest BCUT2D eigenvalue weighted by Gasteiger charge is 2.23. The summed E-state index contributed by atoms with van der Waals surface area (Å²) in [7, 11) is 0. The second-order valence-corrected chi connectivity index (χ2v) is 10.0. The van der Waals surface area contributed by atoms with E-state index in [1.165, 1.54) is 0 Å². The first kappa shape index (κ1) is 25.2. The fourth-order valence-corrected chi connectivity index (χ4v) is 4.34. The molecule has 0 atom stereocenters. The highest BCUT2D eigenvalue weighted by atomic mass is 35.5. The van der Waals surface area contributed by atoms with Gasteiger partial charge in [0.05, 0.1) is 24.0 Å². The molecule has 33 heavy (non-hydrogen) atoms. The first-order valence-corrected chi connectivity index (χ1v) is 12.1. The number of ether oxygens (including phenoxy) is 1. The third-order valence-corrected chi connectivity index (χ3v) is 6.42. The van der Waals surface area contributed by atoms with E-state index < -0.39 is 5.54 Å². The van der Waals surface area contributed by atoms with Crippen molar-refractivity contribution in [3.63, 3.8) is 0 Å². The largest absolute Gasteiger partial charge is 0.494 e. The van der Waals surface area contributed by atoms with Gasteiger partial charge in [0.25, 0.3) is 5.91 Å². The normalized spacial score (nSPS) is 14.9. The molecule has 0 spiro atoms. The number of benzene rings is 1. The molecule has 0 unspecified atom stereocenters. The zero-order chi connectivity index (χ0) is 24.0. The van der Waals surface area contributed by atoms with E-state index in [9.17, 15) is 4.79 Å². The molecule has 180 valence electrons. The van der Waals surface area contributed by atoms with Gasteiger partial charge in [-0.3, -0.25) is 4.79 Å². The molecular weight excluding hydrogens is 438 g/mol. The van der Waals surface area contributed by atoms with E-state index in [0.717, 1.165) is 61.6 Å². The van der Waals surface area contributed by atoms with Crippen molar-refractivity contribution in [2.75, 3.05) is 31.1 Å². The minimum atomic E-state index is -0.441. The fraction of sp³-hybridized carbons (Fsp3) is 0.560. The van der Waals surface area contributed by atoms with Crippen molar-refractivity contribution in [3.05, 3.63) is 46.2 Å². The first-order chi connectivity index (χ1) is 15.7. The van der Waals surface area contributed by atoms with E-state index in [2.05, 4.69) is 20.2 Å². The molecule has 3 N–H and O–H groups in total. The lowest BCUT2D eigenvalue weighted by Gasteiger charge is -2.32. The van der Waals surface area contributed by atoms with Gasteiger partial charge >= 0.3 is 0 Å². The van der Waals surface area contributed by atoms with E-state index >= 15 is 0 Å². The summed E-state index contributed by atoms with van der Waals surface area (Å²) in [6.45, 7) is 10.7. The molecule has 0 bridgehead atoms. The first-order valence-electron chi connectivity index (χ1n) is 11.7. The molecule has 8 heteroatoms. The van der Waals surface area contributed by atoms with Crippen LogP contribution in [0.4, 0.5) is 5.95 Å². The highest BCUT2D eigenvalue weighted by Crippen LogP contribution is 2.26. The molecule has 3 rings (SSSR count). The third kappa shape index (κ3) is 7.05. The number of nitrogens with one attached hydrogen (secondary N) is 1. The van der Waals surface area contributed by atoms with E-state index in [1.54, 1.807) is 12.4 Å². The number of nitrogens with zero attached hydrogens (tertiary/aromatic N) is 3. The lowest BCUT2D eigenvalue weighted by Crippen LogP contribution is -2.49. The van der Waals surface area contributed by atoms with Gasteiger partial charge in [-0.2, -0.15) is 0 Å². The Morgan fingerprint density at radius 2 is 1.82 bits per heavy atom. The van der Waals surface area contributed by atoms with Crippen molar-refractivity contribution >= 4 is 23.5 Å². The van der Waals surface area contributed by atoms with Crippen molar-refractivity contribution in [2.24, 2.45) is 11.7 Å². The molecule has 2 heterocycles. The van der Waals surface area contributed by atoms with Crippen molar-refractivity contribution in [3.8, 4) is 5.75 Å². The number of hydrogen-bond donors (Lipinski definition) is 2. The second kappa shape index (κ2) is 11.2. The van der Waals surface area contributed by atoms with Crippen LogP contribution in [0.25, 0.3) is 0 Å². The summed E-state index contributed by atoms with van der Waals surface area (Å²) in [5.41, 5.74) is 7.82. The fourth-order valence-electron chi connectivity index (χ4n) is 4.24. The Morgan fingerprint density at radius 1 is 1.21 bits per heavy atom. The number of nitrogens with two attached hydrogens (primary N) is 1. The van der Waals surface area contributed by atoms with Crippen LogP contribution in [0, 0.1) is 19.8 Å². The molecule has 1 aromatic carbocycles. The van der Waals surface area contributed by atoms with Crippen molar-refractivity contribution in [2.45, 2.75) is 58.9 Å². The van der Waals surface area contributed by atoms with Crippen LogP contribution in [-0.2, 0) is 0 Å². The van der Waals surface area contributed by atoms with Gasteiger partial charge in [0.2, 0.25) is 5.95 Å². The molecule has 1 aliphatic heterocycles. The van der Waals surface area contributed by atoms with Gasteiger partial charge in [0, 0.05) is 30.7 Å². The number of rotatable bonds is 9. The van der Waals surface area contributed by atoms with Gasteiger partial charge in [-0.05, 0) is 82.6 Å². The number of aromatic nitrogens is 2. The average Bonchev–Trinajstić information content (AvgIpc) is 2.77. The molecule has 1 fully saturated rings. The summed E-state index contributed by atoms with van der Waals surface area (Å²) in [6, 6.07) is 3.89. The summed E-state index contributed by atoms with van der Waals surface area (Å²) < 4.78 is 6.02. The summed E-state index contributed by atoms with van der Waals surface area (Å²) in [5.74, 6) is 2.17. The van der Waals surface area contributed by atoms with Gasteiger partial charge in [-0.25, -0.2) is 9.97 Å². The Bertz CT molecular complexity index is 917. The van der Waals surface area contributed by atoms with Crippen LogP contribution in [0.3, 0.4) is 0 Å². The molecule has 0 radical (unpaired) electrons. The number of hydrogen-bond acceptors (Lipinski definition) is 6. The Morgan fingerprint density at radius 3 is 2.39 bits per heavy atom. The third-order valence-electron chi connectivity index (χ3n) is 6.23. The van der Waals surface area contributed by atoms with Gasteiger partial charge in [-0.15, -0.1) is 0 Å². The maximum atomic E-state index is 12.7. The van der Waals surface area contributed by atoms with E-state index in [0.29, 0.717) is 29.7 Å². The highest BCUT2D eigenvalue weighted by molar-refractivity contribution is 6.30. The molecule has 0 saturated carbocycles. The number of piperidine rings is 1. The Labute approximate surface area is 202 Å². The lowest BCUT2D eigenvalue weighted by atomic mass is 9.92. The number of anilines is 1. The zero-order valence-electron chi connectivity index (χ0n) is 20.2. The number of halogens is 1. The molecule has 0 aliphatic carbocycles. The van der Waals surface area contributed by atoms with Gasteiger partial charge in [0.1, 0.15) is 5.75 Å². The second-order valence-electron chi connectivity index (χ2n) is 9.60. The van der Waals surface area contributed by atoms with Crippen molar-refractivity contribution in [1.29, 1.82) is 0 Å². The van der Waals surface area contributed by atoms with Crippen molar-refractivity contribution < 1.29 is 9.53 Å². The van der Waals surface area contributed by atoms with Crippen LogP contribution >= 0.6 is 11.6 Å². The molecule has 1 saturated heterocycles. The van der Waals surface area contributed by atoms with E-state index in [4.69, 9.17) is 22.1 Å². The number of carbonyl (C=O) groups is 1. The number of amides is 1. The summed E-state index contributed by atoms with van der Waals surface area (Å²) >= 11 is 5.88. The maximum absolute atomic E-state index is 12.7. The minimum absolute atomic E-state index is 0.0951.